The first-order valence-electron chi connectivity index (χ1n) is 6.00. The molecule has 0 aliphatic carbocycles. The fourth-order valence-electron chi connectivity index (χ4n) is 1.61. The number of nitro benzene ring substituents is 1. The van der Waals surface area contributed by atoms with Crippen molar-refractivity contribution in [3.05, 3.63) is 32.8 Å². The van der Waals surface area contributed by atoms with Gasteiger partial charge in [-0.15, -0.1) is 0 Å². The van der Waals surface area contributed by atoms with E-state index >= 15 is 0 Å². The van der Waals surface area contributed by atoms with Gasteiger partial charge in [-0.05, 0) is 12.8 Å². The van der Waals surface area contributed by atoms with Crippen molar-refractivity contribution < 1.29 is 19.9 Å². The molecule has 1 unspecified atom stereocenters. The van der Waals surface area contributed by atoms with Crippen LogP contribution in [0.5, 0.6) is 0 Å². The Labute approximate surface area is 120 Å². The molecule has 8 heteroatoms. The number of carbonyl (C=O) groups is 1. The summed E-state index contributed by atoms with van der Waals surface area (Å²) < 4.78 is 0. The molecule has 3 N–H and O–H groups in total. The summed E-state index contributed by atoms with van der Waals surface area (Å²) in [6, 6.07) is 2.04. The van der Waals surface area contributed by atoms with Crippen LogP contribution < -0.4 is 5.32 Å². The van der Waals surface area contributed by atoms with E-state index in [-0.39, 0.29) is 22.0 Å². The Bertz CT molecular complexity index is 521. The third-order valence-electron chi connectivity index (χ3n) is 2.77. The second-order valence-electron chi connectivity index (χ2n) is 4.19. The van der Waals surface area contributed by atoms with Gasteiger partial charge in [0.25, 0.3) is 5.69 Å². The first-order valence-corrected chi connectivity index (χ1v) is 6.37. The Morgan fingerprint density at radius 1 is 1.55 bits per heavy atom. The van der Waals surface area contributed by atoms with E-state index in [0.29, 0.717) is 19.4 Å². The number of nitrogens with one attached hydrogen (secondary N) is 1. The first kappa shape index (κ1) is 16.2. The maximum atomic E-state index is 11.1. The molecule has 0 radical (unpaired) electrons. The quantitative estimate of drug-likeness (QED) is 0.527. The summed E-state index contributed by atoms with van der Waals surface area (Å²) in [5, 5.41) is 31.9. The van der Waals surface area contributed by atoms with E-state index in [1.54, 1.807) is 0 Å². The van der Waals surface area contributed by atoms with E-state index in [1.165, 1.54) is 0 Å². The van der Waals surface area contributed by atoms with Gasteiger partial charge in [0, 0.05) is 18.7 Å². The average Bonchev–Trinajstić information content (AvgIpc) is 2.39. The van der Waals surface area contributed by atoms with E-state index < -0.39 is 17.0 Å². The fraction of sp³-hybridized carbons (Fsp3) is 0.417. The highest BCUT2D eigenvalue weighted by Crippen LogP contribution is 2.31. The van der Waals surface area contributed by atoms with Gasteiger partial charge in [-0.25, -0.2) is 4.79 Å². The van der Waals surface area contributed by atoms with Crippen LogP contribution in [0.25, 0.3) is 0 Å². The van der Waals surface area contributed by atoms with Gasteiger partial charge in [-0.3, -0.25) is 10.1 Å². The van der Waals surface area contributed by atoms with Gasteiger partial charge in [0.05, 0.1) is 27.3 Å². The van der Waals surface area contributed by atoms with Crippen molar-refractivity contribution in [2.24, 2.45) is 0 Å². The summed E-state index contributed by atoms with van der Waals surface area (Å²) in [5.41, 5.74) is -0.533. The van der Waals surface area contributed by atoms with Crippen molar-refractivity contribution in [1.82, 2.24) is 0 Å². The number of aromatic carboxylic acids is 1. The second-order valence-corrected chi connectivity index (χ2v) is 4.60. The van der Waals surface area contributed by atoms with E-state index in [9.17, 15) is 20.0 Å². The molecule has 1 atom stereocenters. The smallest absolute Gasteiger partial charge is 0.338 e. The fourth-order valence-corrected chi connectivity index (χ4v) is 1.89. The molecule has 0 heterocycles. The van der Waals surface area contributed by atoms with Crippen molar-refractivity contribution in [2.75, 3.05) is 11.9 Å². The molecule has 0 amide bonds. The van der Waals surface area contributed by atoms with Crippen LogP contribution in [0, 0.1) is 10.1 Å². The van der Waals surface area contributed by atoms with Gasteiger partial charge in [0.15, 0.2) is 0 Å². The normalized spacial score (nSPS) is 11.9. The number of aliphatic hydroxyl groups excluding tert-OH is 1. The van der Waals surface area contributed by atoms with Crippen LogP contribution in [-0.4, -0.2) is 33.8 Å². The molecule has 1 rings (SSSR count). The molecule has 0 bridgehead atoms. The summed E-state index contributed by atoms with van der Waals surface area (Å²) in [6.07, 6.45) is 0.511. The Balaban J connectivity index is 2.99. The van der Waals surface area contributed by atoms with Gasteiger partial charge in [0.1, 0.15) is 0 Å². The number of hydrogen-bond acceptors (Lipinski definition) is 5. The van der Waals surface area contributed by atoms with Crippen LogP contribution in [0.1, 0.15) is 30.1 Å². The number of rotatable bonds is 7. The molecule has 0 saturated heterocycles. The van der Waals surface area contributed by atoms with Gasteiger partial charge in [0.2, 0.25) is 0 Å². The van der Waals surface area contributed by atoms with Crippen molar-refractivity contribution in [2.45, 2.75) is 25.9 Å². The lowest BCUT2D eigenvalue weighted by molar-refractivity contribution is -0.384. The second kappa shape index (κ2) is 7.06. The Morgan fingerprint density at radius 3 is 2.70 bits per heavy atom. The standard InChI is InChI=1S/C12H15ClN2O5/c1-2-8(16)3-4-14-11-9(12(17)18)5-7(15(19)20)6-10(11)13/h5-6,8,14,16H,2-4H2,1H3,(H,17,18). The molecule has 0 spiro atoms. The van der Waals surface area contributed by atoms with Crippen LogP contribution in [0.4, 0.5) is 11.4 Å². The summed E-state index contributed by atoms with van der Waals surface area (Å²) in [5.74, 6) is -1.31. The lowest BCUT2D eigenvalue weighted by Gasteiger charge is -2.13. The topological polar surface area (TPSA) is 113 Å². The molecule has 0 saturated carbocycles. The minimum atomic E-state index is -1.31. The monoisotopic (exact) mass is 302 g/mol. The highest BCUT2D eigenvalue weighted by atomic mass is 35.5. The largest absolute Gasteiger partial charge is 0.478 e. The molecule has 0 aromatic heterocycles. The SMILES string of the molecule is CCC(O)CCNc1c(Cl)cc([N+](=O)[O-])cc1C(=O)O. The van der Waals surface area contributed by atoms with Crippen LogP contribution in [0.2, 0.25) is 5.02 Å². The molecule has 20 heavy (non-hydrogen) atoms. The number of nitrogens with zero attached hydrogens (tertiary/aromatic N) is 1. The van der Waals surface area contributed by atoms with Gasteiger partial charge in [-0.2, -0.15) is 0 Å². The summed E-state index contributed by atoms with van der Waals surface area (Å²) in [7, 11) is 0. The molecule has 1 aromatic rings. The predicted molar refractivity (Wildman–Crippen MR) is 74.5 cm³/mol. The molecular weight excluding hydrogens is 288 g/mol. The average molecular weight is 303 g/mol. The maximum Gasteiger partial charge on any atom is 0.338 e. The number of aliphatic hydroxyl groups is 1. The zero-order valence-corrected chi connectivity index (χ0v) is 11.6. The van der Waals surface area contributed by atoms with Gasteiger partial charge in [-0.1, -0.05) is 18.5 Å². The highest BCUT2D eigenvalue weighted by Gasteiger charge is 2.20. The molecule has 0 aliphatic rings. The number of carboxylic acid groups (broad SMARTS) is 1. The maximum absolute atomic E-state index is 11.1. The summed E-state index contributed by atoms with van der Waals surface area (Å²) >= 11 is 5.88. The number of anilines is 1. The third kappa shape index (κ3) is 4.07. The molecule has 0 aliphatic heterocycles. The minimum absolute atomic E-state index is 0.0393. The zero-order chi connectivity index (χ0) is 15.3. The van der Waals surface area contributed by atoms with Gasteiger partial charge < -0.3 is 15.5 Å². The lowest BCUT2D eigenvalue weighted by atomic mass is 10.1. The van der Waals surface area contributed by atoms with E-state index in [4.69, 9.17) is 16.7 Å². The Kier molecular flexibility index (Phi) is 5.72. The van der Waals surface area contributed by atoms with Crippen LogP contribution in [0.15, 0.2) is 12.1 Å². The highest BCUT2D eigenvalue weighted by molar-refractivity contribution is 6.34. The summed E-state index contributed by atoms with van der Waals surface area (Å²) in [4.78, 5) is 21.1. The van der Waals surface area contributed by atoms with Crippen LogP contribution in [0.3, 0.4) is 0 Å². The minimum Gasteiger partial charge on any atom is -0.478 e. The molecule has 1 aromatic carbocycles. The van der Waals surface area contributed by atoms with Crippen LogP contribution in [-0.2, 0) is 0 Å². The molecule has 110 valence electrons. The molecule has 0 fully saturated rings. The first-order chi connectivity index (χ1) is 9.36. The molecular formula is C12H15ClN2O5. The third-order valence-corrected chi connectivity index (χ3v) is 3.06. The number of non-ortho nitro benzene ring substituents is 1. The Morgan fingerprint density at radius 2 is 2.20 bits per heavy atom. The summed E-state index contributed by atoms with van der Waals surface area (Å²) in [6.45, 7) is 2.14. The van der Waals surface area contributed by atoms with E-state index in [1.807, 2.05) is 6.92 Å². The zero-order valence-electron chi connectivity index (χ0n) is 10.8. The lowest BCUT2D eigenvalue weighted by Crippen LogP contribution is -2.14. The van der Waals surface area contributed by atoms with Crippen LogP contribution >= 0.6 is 11.6 Å². The van der Waals surface area contributed by atoms with Crippen molar-refractivity contribution in [3.63, 3.8) is 0 Å². The van der Waals surface area contributed by atoms with Crippen molar-refractivity contribution in [1.29, 1.82) is 0 Å². The van der Waals surface area contributed by atoms with E-state index in [0.717, 1.165) is 12.1 Å². The van der Waals surface area contributed by atoms with Crippen molar-refractivity contribution >= 4 is 28.9 Å². The number of nitro groups is 1. The number of hydrogen-bond donors (Lipinski definition) is 3. The number of halogens is 1. The number of carboxylic acids is 1. The van der Waals surface area contributed by atoms with Crippen molar-refractivity contribution in [3.8, 4) is 0 Å². The Hall–Kier alpha value is -1.86. The van der Waals surface area contributed by atoms with E-state index in [2.05, 4.69) is 5.32 Å². The predicted octanol–water partition coefficient (Wildman–Crippen LogP) is 2.52. The number of benzene rings is 1. The molecule has 7 nitrogen and oxygen atoms in total. The van der Waals surface area contributed by atoms with Gasteiger partial charge >= 0.3 is 5.97 Å².